The van der Waals surface area contributed by atoms with Crippen molar-refractivity contribution >= 4 is 29.1 Å². The number of nitrogens with one attached hydrogen (secondary N) is 1. The number of nitrogens with two attached hydrogens (primary N) is 1. The Labute approximate surface area is 86.7 Å². The number of nitrogens with zero attached hydrogens (tertiary/aromatic N) is 2. The molecule has 0 aliphatic carbocycles. The van der Waals surface area contributed by atoms with E-state index in [9.17, 15) is 4.79 Å². The Balaban J connectivity index is 2.69. The molecule has 0 aliphatic rings. The van der Waals surface area contributed by atoms with Gasteiger partial charge in [0.2, 0.25) is 5.95 Å². The second kappa shape index (κ2) is 4.61. The molecule has 1 heterocycles. The molecule has 74 valence electrons. The van der Waals surface area contributed by atoms with Crippen molar-refractivity contribution in [2.45, 2.75) is 13.3 Å². The van der Waals surface area contributed by atoms with Gasteiger partial charge in [0.05, 0.1) is 0 Å². The van der Waals surface area contributed by atoms with Crippen molar-refractivity contribution in [1.29, 1.82) is 0 Å². The third kappa shape index (κ3) is 2.74. The van der Waals surface area contributed by atoms with Crippen molar-refractivity contribution in [3.8, 4) is 0 Å². The predicted octanol–water partition coefficient (Wildman–Crippen LogP) is 0.264. The van der Waals surface area contributed by atoms with Gasteiger partial charge in [-0.25, -0.2) is 9.97 Å². The number of hydrogen-bond donors (Lipinski definition) is 2. The van der Waals surface area contributed by atoms with Crippen LogP contribution in [0.4, 0.5) is 5.95 Å². The molecule has 3 N–H and O–H groups in total. The summed E-state index contributed by atoms with van der Waals surface area (Å²) in [4.78, 5) is 18.6. The summed E-state index contributed by atoms with van der Waals surface area (Å²) in [6.45, 7) is 1.99. The molecule has 5 nitrogen and oxygen atoms in total. The molecule has 0 aromatic carbocycles. The average Bonchev–Trinajstić information content (AvgIpc) is 2.19. The lowest BCUT2D eigenvalue weighted by atomic mass is 10.3. The van der Waals surface area contributed by atoms with E-state index in [1.165, 1.54) is 0 Å². The molecule has 0 saturated carbocycles. The molecule has 1 aromatic rings. The lowest BCUT2D eigenvalue weighted by Gasteiger charge is -2.01. The first-order chi connectivity index (χ1) is 6.63. The fraction of sp³-hybridized carbons (Fsp3) is 0.250. The Morgan fingerprint density at radius 2 is 2.14 bits per heavy atom. The van der Waals surface area contributed by atoms with Crippen LogP contribution in [0.3, 0.4) is 0 Å². The van der Waals surface area contributed by atoms with Crippen LogP contribution >= 0.6 is 12.2 Å². The van der Waals surface area contributed by atoms with Crippen LogP contribution in [0.15, 0.2) is 12.4 Å². The van der Waals surface area contributed by atoms with Gasteiger partial charge < -0.3 is 5.73 Å². The molecule has 14 heavy (non-hydrogen) atoms. The van der Waals surface area contributed by atoms with Gasteiger partial charge in [-0.3, -0.25) is 10.1 Å². The van der Waals surface area contributed by atoms with Gasteiger partial charge in [-0.15, -0.1) is 0 Å². The maximum absolute atomic E-state index is 11.0. The maximum Gasteiger partial charge on any atom is 0.285 e. The second-order valence-electron chi connectivity index (χ2n) is 2.59. The van der Waals surface area contributed by atoms with E-state index in [1.54, 1.807) is 12.4 Å². The molecular formula is C8H10N4OS. The van der Waals surface area contributed by atoms with E-state index >= 15 is 0 Å². The van der Waals surface area contributed by atoms with Crippen LogP contribution in [0.5, 0.6) is 0 Å². The Morgan fingerprint density at radius 1 is 1.57 bits per heavy atom. The van der Waals surface area contributed by atoms with Crippen LogP contribution in [-0.2, 0) is 11.2 Å². The normalized spacial score (nSPS) is 9.50. The zero-order valence-electron chi connectivity index (χ0n) is 7.65. The van der Waals surface area contributed by atoms with Crippen molar-refractivity contribution in [3.05, 3.63) is 18.0 Å². The molecule has 0 radical (unpaired) electrons. The van der Waals surface area contributed by atoms with E-state index in [2.05, 4.69) is 27.5 Å². The summed E-state index contributed by atoms with van der Waals surface area (Å²) in [5, 5.41) is 2.37. The van der Waals surface area contributed by atoms with E-state index in [0.29, 0.717) is 0 Å². The molecule has 1 rings (SSSR count). The minimum atomic E-state index is -0.552. The molecule has 1 aromatic heterocycles. The van der Waals surface area contributed by atoms with Gasteiger partial charge in [-0.05, 0) is 12.0 Å². The van der Waals surface area contributed by atoms with E-state index in [1.807, 2.05) is 6.92 Å². The van der Waals surface area contributed by atoms with E-state index in [4.69, 9.17) is 5.73 Å². The van der Waals surface area contributed by atoms with Crippen LogP contribution in [-0.4, -0.2) is 20.9 Å². The number of anilines is 1. The summed E-state index contributed by atoms with van der Waals surface area (Å²) in [5.41, 5.74) is 6.10. The van der Waals surface area contributed by atoms with Crippen LogP contribution in [0.2, 0.25) is 0 Å². The Morgan fingerprint density at radius 3 is 2.57 bits per heavy atom. The number of amides is 1. The largest absolute Gasteiger partial charge is 0.385 e. The van der Waals surface area contributed by atoms with Crippen LogP contribution in [0, 0.1) is 0 Å². The highest BCUT2D eigenvalue weighted by molar-refractivity contribution is 7.82. The van der Waals surface area contributed by atoms with Gasteiger partial charge in [0.25, 0.3) is 5.91 Å². The number of thiocarbonyl (C=S) groups is 1. The molecule has 0 fully saturated rings. The third-order valence-corrected chi connectivity index (χ3v) is 1.75. The smallest absolute Gasteiger partial charge is 0.285 e. The first-order valence-corrected chi connectivity index (χ1v) is 4.46. The first-order valence-electron chi connectivity index (χ1n) is 4.05. The summed E-state index contributed by atoms with van der Waals surface area (Å²) in [6, 6.07) is 0. The predicted molar refractivity (Wildman–Crippen MR) is 56.8 cm³/mol. The zero-order valence-corrected chi connectivity index (χ0v) is 8.47. The Kier molecular flexibility index (Phi) is 3.47. The van der Waals surface area contributed by atoms with Crippen molar-refractivity contribution < 1.29 is 4.79 Å². The molecule has 0 saturated heterocycles. The SMILES string of the molecule is CCc1cnc(NC(=O)C(N)=S)nc1. The van der Waals surface area contributed by atoms with E-state index in [-0.39, 0.29) is 10.9 Å². The first kappa shape index (κ1) is 10.5. The number of hydrogen-bond acceptors (Lipinski definition) is 4. The van der Waals surface area contributed by atoms with Gasteiger partial charge in [-0.1, -0.05) is 19.1 Å². The van der Waals surface area contributed by atoms with E-state index in [0.717, 1.165) is 12.0 Å². The molecule has 0 bridgehead atoms. The van der Waals surface area contributed by atoms with Crippen LogP contribution < -0.4 is 11.1 Å². The maximum atomic E-state index is 11.0. The van der Waals surface area contributed by atoms with Crippen LogP contribution in [0.1, 0.15) is 12.5 Å². The number of aryl methyl sites for hydroxylation is 1. The topological polar surface area (TPSA) is 80.9 Å². The monoisotopic (exact) mass is 210 g/mol. The number of carbonyl (C=O) groups excluding carboxylic acids is 1. The minimum Gasteiger partial charge on any atom is -0.385 e. The van der Waals surface area contributed by atoms with Gasteiger partial charge in [0.1, 0.15) is 0 Å². The van der Waals surface area contributed by atoms with Crippen molar-refractivity contribution in [1.82, 2.24) is 9.97 Å². The number of aromatic nitrogens is 2. The Hall–Kier alpha value is -1.56. The molecular weight excluding hydrogens is 200 g/mol. The molecule has 0 atom stereocenters. The lowest BCUT2D eigenvalue weighted by molar-refractivity contribution is -0.110. The Bertz CT molecular complexity index is 349. The second-order valence-corrected chi connectivity index (χ2v) is 3.03. The minimum absolute atomic E-state index is 0.208. The van der Waals surface area contributed by atoms with Crippen molar-refractivity contribution in [3.63, 3.8) is 0 Å². The summed E-state index contributed by atoms with van der Waals surface area (Å²) in [7, 11) is 0. The van der Waals surface area contributed by atoms with Crippen LogP contribution in [0.25, 0.3) is 0 Å². The van der Waals surface area contributed by atoms with Gasteiger partial charge in [-0.2, -0.15) is 0 Å². The molecule has 1 amide bonds. The highest BCUT2D eigenvalue weighted by atomic mass is 32.1. The summed E-state index contributed by atoms with van der Waals surface area (Å²) in [5.74, 6) is -0.343. The fourth-order valence-corrected chi connectivity index (χ4v) is 0.816. The van der Waals surface area contributed by atoms with E-state index < -0.39 is 5.91 Å². The summed E-state index contributed by atoms with van der Waals surface area (Å²) < 4.78 is 0. The highest BCUT2D eigenvalue weighted by Gasteiger charge is 2.06. The highest BCUT2D eigenvalue weighted by Crippen LogP contribution is 2.00. The fourth-order valence-electron chi connectivity index (χ4n) is 0.765. The molecule has 0 unspecified atom stereocenters. The quantitative estimate of drug-likeness (QED) is 0.684. The van der Waals surface area contributed by atoms with Crippen molar-refractivity contribution in [2.24, 2.45) is 5.73 Å². The zero-order chi connectivity index (χ0) is 10.6. The number of rotatable bonds is 2. The van der Waals surface area contributed by atoms with Gasteiger partial charge in [0.15, 0.2) is 4.99 Å². The summed E-state index contributed by atoms with van der Waals surface area (Å²) >= 11 is 4.48. The standard InChI is InChI=1S/C8H10N4OS/c1-2-5-3-10-8(11-4-5)12-7(13)6(9)14/h3-4H,2H2,1H3,(H2,9,14)(H,10,11,12,13). The summed E-state index contributed by atoms with van der Waals surface area (Å²) in [6.07, 6.45) is 4.13. The van der Waals surface area contributed by atoms with Gasteiger partial charge in [0, 0.05) is 12.4 Å². The third-order valence-electron chi connectivity index (χ3n) is 1.56. The molecule has 0 aliphatic heterocycles. The molecule has 0 spiro atoms. The van der Waals surface area contributed by atoms with Gasteiger partial charge >= 0.3 is 0 Å². The van der Waals surface area contributed by atoms with Crippen molar-refractivity contribution in [2.75, 3.05) is 5.32 Å². The molecule has 6 heteroatoms. The number of carbonyl (C=O) groups is 1. The average molecular weight is 210 g/mol. The lowest BCUT2D eigenvalue weighted by Crippen LogP contribution is -2.28.